The van der Waals surface area contributed by atoms with Crippen LogP contribution in [0.4, 0.5) is 0 Å². The summed E-state index contributed by atoms with van der Waals surface area (Å²) in [5, 5.41) is 15.3. The van der Waals surface area contributed by atoms with E-state index < -0.39 is 36.3 Å². The zero-order valence-corrected chi connectivity index (χ0v) is 19.2. The molecule has 186 valence electrons. The number of hydrogen-bond donors (Lipinski definition) is 5. The van der Waals surface area contributed by atoms with Crippen LogP contribution < -0.4 is 16.2 Å². The summed E-state index contributed by atoms with van der Waals surface area (Å²) in [6.45, 7) is 0.179. The van der Waals surface area contributed by atoms with Crippen molar-refractivity contribution in [1.82, 2.24) is 25.5 Å². The Balaban J connectivity index is 1.39. The number of carbonyl (C=O) groups is 4. The van der Waals surface area contributed by atoms with Crippen LogP contribution in [0.25, 0.3) is 10.9 Å². The molecule has 2 aromatic heterocycles. The minimum atomic E-state index is -1.01. The molecule has 35 heavy (non-hydrogen) atoms. The number of H-pyrrole nitrogens is 2. The monoisotopic (exact) mass is 483 g/mol. The Hall–Kier alpha value is -3.47. The second-order valence-electron chi connectivity index (χ2n) is 9.77. The summed E-state index contributed by atoms with van der Waals surface area (Å²) in [5.41, 5.74) is 0.438. The first-order chi connectivity index (χ1) is 16.9. The van der Waals surface area contributed by atoms with E-state index in [1.807, 2.05) is 0 Å². The molecular weight excluding hydrogens is 454 g/mol. The van der Waals surface area contributed by atoms with Gasteiger partial charge in [-0.15, -0.1) is 0 Å². The number of ketones is 1. The number of aromatic amines is 2. The predicted molar refractivity (Wildman–Crippen MR) is 124 cm³/mol. The fraction of sp³-hybridized carbons (Fsp3) is 0.542. The van der Waals surface area contributed by atoms with Gasteiger partial charge in [0.1, 0.15) is 18.3 Å². The quantitative estimate of drug-likeness (QED) is 0.362. The van der Waals surface area contributed by atoms with Gasteiger partial charge in [-0.05, 0) is 49.7 Å². The molecule has 2 saturated heterocycles. The Labute approximate surface area is 200 Å². The smallest absolute Gasteiger partial charge is 0.271 e. The van der Waals surface area contributed by atoms with Crippen molar-refractivity contribution >= 4 is 34.4 Å². The van der Waals surface area contributed by atoms with Gasteiger partial charge in [-0.3, -0.25) is 24.0 Å². The van der Waals surface area contributed by atoms with E-state index in [0.717, 1.165) is 19.3 Å². The van der Waals surface area contributed by atoms with Crippen molar-refractivity contribution in [3.05, 3.63) is 34.4 Å². The first-order valence-corrected chi connectivity index (χ1v) is 12.1. The number of carbonyl (C=O) groups excluding carboxylic acids is 4. The maximum absolute atomic E-state index is 13.5. The van der Waals surface area contributed by atoms with E-state index in [1.165, 1.54) is 17.2 Å². The average Bonchev–Trinajstić information content (AvgIpc) is 3.61. The number of Topliss-reactive ketones (excluding diaryl/α,β-unsaturated/α-hetero) is 1. The number of pyridine rings is 1. The molecule has 11 nitrogen and oxygen atoms in total. The Bertz CT molecular complexity index is 1230. The van der Waals surface area contributed by atoms with Crippen molar-refractivity contribution in [3.8, 4) is 0 Å². The Morgan fingerprint density at radius 2 is 2.03 bits per heavy atom. The van der Waals surface area contributed by atoms with Crippen molar-refractivity contribution in [1.29, 1.82) is 0 Å². The molecule has 4 heterocycles. The van der Waals surface area contributed by atoms with Gasteiger partial charge < -0.3 is 30.6 Å². The molecule has 5 rings (SSSR count). The number of rotatable bonds is 7. The number of amides is 3. The molecule has 11 heteroatoms. The van der Waals surface area contributed by atoms with E-state index in [9.17, 15) is 29.1 Å². The lowest BCUT2D eigenvalue weighted by molar-refractivity contribution is -0.133. The van der Waals surface area contributed by atoms with Crippen molar-refractivity contribution in [2.45, 2.75) is 44.2 Å². The number of fused-ring (bicyclic) bond motifs is 2. The SMILES string of the molecule is O=C1NCCC1CC(NC(=O)C1C2CCCC2CN1C(=O)c1cc2c(=O)[nH]ccc2[nH]1)C(=O)CO. The van der Waals surface area contributed by atoms with Crippen LogP contribution >= 0.6 is 0 Å². The zero-order valence-electron chi connectivity index (χ0n) is 19.2. The minimum Gasteiger partial charge on any atom is -0.389 e. The van der Waals surface area contributed by atoms with Gasteiger partial charge >= 0.3 is 0 Å². The Morgan fingerprint density at radius 1 is 1.20 bits per heavy atom. The van der Waals surface area contributed by atoms with Gasteiger partial charge in [0.15, 0.2) is 5.78 Å². The summed E-state index contributed by atoms with van der Waals surface area (Å²) >= 11 is 0. The third-order valence-corrected chi connectivity index (χ3v) is 7.75. The Kier molecular flexibility index (Phi) is 6.18. The molecule has 3 fully saturated rings. The van der Waals surface area contributed by atoms with Crippen molar-refractivity contribution in [3.63, 3.8) is 0 Å². The van der Waals surface area contributed by atoms with Crippen molar-refractivity contribution < 1.29 is 24.3 Å². The number of nitrogens with one attached hydrogen (secondary N) is 4. The molecule has 0 bridgehead atoms. The summed E-state index contributed by atoms with van der Waals surface area (Å²) in [4.78, 5) is 70.7. The summed E-state index contributed by atoms with van der Waals surface area (Å²) in [6.07, 6.45) is 4.83. The standard InChI is InChI=1S/C24H29N5O6/c30-11-19(31)17(8-12-4-6-25-21(12)32)28-23(34)20-14-3-1-2-13(14)10-29(20)24(35)18-9-15-16(27-18)5-7-26-22(15)33/h5,7,9,12-14,17,20,27,30H,1-4,6,8,10-11H2,(H,25,32)(H,26,33)(H,28,34). The lowest BCUT2D eigenvalue weighted by Crippen LogP contribution is -2.53. The number of aliphatic hydroxyl groups excluding tert-OH is 1. The number of aliphatic hydroxyl groups is 1. The highest BCUT2D eigenvalue weighted by atomic mass is 16.3. The lowest BCUT2D eigenvalue weighted by atomic mass is 9.92. The topological polar surface area (TPSA) is 164 Å². The van der Waals surface area contributed by atoms with Gasteiger partial charge in [0.2, 0.25) is 11.8 Å². The van der Waals surface area contributed by atoms with Gasteiger partial charge in [-0.2, -0.15) is 0 Å². The van der Waals surface area contributed by atoms with Crippen LogP contribution in [0.5, 0.6) is 0 Å². The third-order valence-electron chi connectivity index (χ3n) is 7.75. The van der Waals surface area contributed by atoms with Crippen LogP contribution in [0, 0.1) is 17.8 Å². The van der Waals surface area contributed by atoms with Crippen LogP contribution in [-0.4, -0.2) is 75.3 Å². The summed E-state index contributed by atoms with van der Waals surface area (Å²) in [7, 11) is 0. The molecule has 5 unspecified atom stereocenters. The molecule has 2 aromatic rings. The van der Waals surface area contributed by atoms with Gasteiger partial charge in [0, 0.05) is 25.2 Å². The first-order valence-electron chi connectivity index (χ1n) is 12.1. The second-order valence-corrected chi connectivity index (χ2v) is 9.77. The van der Waals surface area contributed by atoms with Crippen LogP contribution in [0.2, 0.25) is 0 Å². The maximum atomic E-state index is 13.5. The minimum absolute atomic E-state index is 0.0358. The van der Waals surface area contributed by atoms with Crippen molar-refractivity contribution in [2.24, 2.45) is 17.8 Å². The molecule has 5 atom stereocenters. The molecule has 0 radical (unpaired) electrons. The summed E-state index contributed by atoms with van der Waals surface area (Å²) in [6, 6.07) is 1.38. The Morgan fingerprint density at radius 3 is 2.74 bits per heavy atom. The highest BCUT2D eigenvalue weighted by Gasteiger charge is 2.50. The average molecular weight is 484 g/mol. The molecule has 3 amide bonds. The van der Waals surface area contributed by atoms with E-state index in [-0.39, 0.29) is 41.3 Å². The van der Waals surface area contributed by atoms with Crippen molar-refractivity contribution in [2.75, 3.05) is 19.7 Å². The fourth-order valence-corrected chi connectivity index (χ4v) is 5.98. The van der Waals surface area contributed by atoms with E-state index in [0.29, 0.717) is 30.4 Å². The van der Waals surface area contributed by atoms with Crippen LogP contribution in [0.1, 0.15) is 42.6 Å². The molecule has 0 spiro atoms. The maximum Gasteiger partial charge on any atom is 0.271 e. The lowest BCUT2D eigenvalue weighted by Gasteiger charge is -2.29. The van der Waals surface area contributed by atoms with Crippen LogP contribution in [0.3, 0.4) is 0 Å². The molecule has 1 aliphatic carbocycles. The van der Waals surface area contributed by atoms with Gasteiger partial charge in [-0.25, -0.2) is 0 Å². The largest absolute Gasteiger partial charge is 0.389 e. The predicted octanol–water partition coefficient (Wildman–Crippen LogP) is -0.331. The van der Waals surface area contributed by atoms with Crippen LogP contribution in [-0.2, 0) is 14.4 Å². The summed E-state index contributed by atoms with van der Waals surface area (Å²) < 4.78 is 0. The van der Waals surface area contributed by atoms with E-state index in [2.05, 4.69) is 20.6 Å². The molecule has 0 aromatic carbocycles. The molecule has 2 aliphatic heterocycles. The number of hydrogen-bond acceptors (Lipinski definition) is 6. The summed E-state index contributed by atoms with van der Waals surface area (Å²) in [5.74, 6) is -1.84. The van der Waals surface area contributed by atoms with Crippen LogP contribution in [0.15, 0.2) is 23.1 Å². The van der Waals surface area contributed by atoms with Gasteiger partial charge in [-0.1, -0.05) is 6.42 Å². The number of nitrogens with zero attached hydrogens (tertiary/aromatic N) is 1. The van der Waals surface area contributed by atoms with Gasteiger partial charge in [0.25, 0.3) is 11.5 Å². The number of likely N-dealkylation sites (tertiary alicyclic amines) is 1. The third kappa shape index (κ3) is 4.24. The van der Waals surface area contributed by atoms with E-state index in [1.54, 1.807) is 6.07 Å². The van der Waals surface area contributed by atoms with Gasteiger partial charge in [0.05, 0.1) is 16.9 Å². The zero-order chi connectivity index (χ0) is 24.7. The normalized spacial score (nSPS) is 26.5. The molecule has 1 saturated carbocycles. The molecule has 5 N–H and O–H groups in total. The molecular formula is C24H29N5O6. The first kappa shape index (κ1) is 23.3. The second kappa shape index (κ2) is 9.29. The van der Waals surface area contributed by atoms with E-state index >= 15 is 0 Å². The number of aromatic nitrogens is 2. The highest BCUT2D eigenvalue weighted by molar-refractivity contribution is 6.01. The highest BCUT2D eigenvalue weighted by Crippen LogP contribution is 2.43. The van der Waals surface area contributed by atoms with E-state index in [4.69, 9.17) is 0 Å². The fourth-order valence-electron chi connectivity index (χ4n) is 5.98. The molecule has 3 aliphatic rings.